The van der Waals surface area contributed by atoms with Gasteiger partial charge in [-0.25, -0.2) is 4.39 Å². The van der Waals surface area contributed by atoms with Crippen LogP contribution in [0.2, 0.25) is 0 Å². The second-order valence-electron chi connectivity index (χ2n) is 4.97. The summed E-state index contributed by atoms with van der Waals surface area (Å²) in [6, 6.07) is 3.31. The number of nitrogens with one attached hydrogen (secondary N) is 1. The molecule has 0 atom stereocenters. The van der Waals surface area contributed by atoms with Crippen molar-refractivity contribution in [3.63, 3.8) is 0 Å². The minimum atomic E-state index is -0.239. The molecule has 2 nitrogen and oxygen atoms in total. The third kappa shape index (κ3) is 2.14. The van der Waals surface area contributed by atoms with E-state index in [4.69, 9.17) is 12.2 Å². The first-order valence-corrected chi connectivity index (χ1v) is 7.43. The molecule has 96 valence electrons. The molecule has 2 aromatic rings. The Bertz CT molecular complexity index is 640. The molecule has 1 aromatic carbocycles. The van der Waals surface area contributed by atoms with Gasteiger partial charge in [-0.1, -0.05) is 12.8 Å². The highest BCUT2D eigenvalue weighted by atomic mass is 79.9. The maximum absolute atomic E-state index is 13.6. The van der Waals surface area contributed by atoms with Crippen LogP contribution in [0.5, 0.6) is 0 Å². The quantitative estimate of drug-likeness (QED) is 0.786. The van der Waals surface area contributed by atoms with E-state index in [2.05, 4.69) is 20.9 Å². The molecule has 0 radical (unpaired) electrons. The van der Waals surface area contributed by atoms with E-state index >= 15 is 0 Å². The minimum Gasteiger partial charge on any atom is -0.331 e. The molecular formula is C13H14BrFN2S. The van der Waals surface area contributed by atoms with Gasteiger partial charge in [-0.3, -0.25) is 0 Å². The summed E-state index contributed by atoms with van der Waals surface area (Å²) >= 11 is 8.54. The van der Waals surface area contributed by atoms with Gasteiger partial charge in [0.2, 0.25) is 0 Å². The Morgan fingerprint density at radius 1 is 1.39 bits per heavy atom. The zero-order valence-corrected chi connectivity index (χ0v) is 12.3. The number of aromatic amines is 1. The molecule has 0 unspecified atom stereocenters. The molecule has 5 heteroatoms. The number of benzene rings is 1. The van der Waals surface area contributed by atoms with Crippen LogP contribution in [0.15, 0.2) is 16.6 Å². The number of hydrogen-bond acceptors (Lipinski definition) is 1. The molecule has 1 aliphatic rings. The van der Waals surface area contributed by atoms with E-state index in [1.165, 1.54) is 25.7 Å². The van der Waals surface area contributed by atoms with Crippen LogP contribution in [0, 0.1) is 16.5 Å². The second kappa shape index (κ2) is 4.78. The topological polar surface area (TPSA) is 20.7 Å². The molecule has 1 aromatic heterocycles. The van der Waals surface area contributed by atoms with Crippen molar-refractivity contribution in [1.82, 2.24) is 9.55 Å². The van der Waals surface area contributed by atoms with Crippen LogP contribution in [-0.2, 0) is 6.54 Å². The van der Waals surface area contributed by atoms with Crippen molar-refractivity contribution in [3.05, 3.63) is 27.2 Å². The third-order valence-corrected chi connectivity index (χ3v) is 4.66. The van der Waals surface area contributed by atoms with Gasteiger partial charge >= 0.3 is 0 Å². The van der Waals surface area contributed by atoms with E-state index in [0.29, 0.717) is 15.2 Å². The lowest BCUT2D eigenvalue weighted by atomic mass is 10.1. The molecule has 0 saturated heterocycles. The number of nitrogens with zero attached hydrogens (tertiary/aromatic N) is 1. The first-order chi connectivity index (χ1) is 8.65. The maximum Gasteiger partial charge on any atom is 0.178 e. The first-order valence-electron chi connectivity index (χ1n) is 6.22. The summed E-state index contributed by atoms with van der Waals surface area (Å²) in [5.74, 6) is 0.444. The molecule has 0 bridgehead atoms. The van der Waals surface area contributed by atoms with Crippen LogP contribution >= 0.6 is 28.1 Å². The monoisotopic (exact) mass is 328 g/mol. The Hall–Kier alpha value is -0.680. The molecule has 1 heterocycles. The summed E-state index contributed by atoms with van der Waals surface area (Å²) in [5, 5.41) is 0. The molecule has 1 fully saturated rings. The fourth-order valence-corrected chi connectivity index (χ4v) is 3.41. The van der Waals surface area contributed by atoms with Gasteiger partial charge in [-0.2, -0.15) is 0 Å². The first kappa shape index (κ1) is 12.4. The number of imidazole rings is 1. The normalized spacial score (nSPS) is 16.8. The summed E-state index contributed by atoms with van der Waals surface area (Å²) in [4.78, 5) is 3.15. The minimum absolute atomic E-state index is 0.239. The lowest BCUT2D eigenvalue weighted by molar-refractivity contribution is 0.461. The molecule has 0 spiro atoms. The van der Waals surface area contributed by atoms with Crippen LogP contribution in [0.25, 0.3) is 11.0 Å². The standard InChI is InChI=1S/C13H14BrFN2S/c14-9-5-11-12(6-10(9)15)17(13(18)16-11)7-8-3-1-2-4-8/h5-6,8H,1-4,7H2,(H,16,18). The van der Waals surface area contributed by atoms with Crippen LogP contribution < -0.4 is 0 Å². The summed E-state index contributed by atoms with van der Waals surface area (Å²) in [7, 11) is 0. The van der Waals surface area contributed by atoms with Gasteiger partial charge in [0.15, 0.2) is 4.77 Å². The van der Waals surface area contributed by atoms with Crippen molar-refractivity contribution in [1.29, 1.82) is 0 Å². The van der Waals surface area contributed by atoms with E-state index in [-0.39, 0.29) is 5.82 Å². The summed E-state index contributed by atoms with van der Waals surface area (Å²) in [6.07, 6.45) is 5.13. The van der Waals surface area contributed by atoms with Crippen molar-refractivity contribution in [2.75, 3.05) is 0 Å². The van der Waals surface area contributed by atoms with Gasteiger partial charge in [-0.05, 0) is 53.0 Å². The number of H-pyrrole nitrogens is 1. The maximum atomic E-state index is 13.6. The number of fused-ring (bicyclic) bond motifs is 1. The smallest absolute Gasteiger partial charge is 0.178 e. The van der Waals surface area contributed by atoms with Crippen molar-refractivity contribution < 1.29 is 4.39 Å². The van der Waals surface area contributed by atoms with Crippen LogP contribution in [0.4, 0.5) is 4.39 Å². The highest BCUT2D eigenvalue weighted by molar-refractivity contribution is 9.10. The van der Waals surface area contributed by atoms with E-state index in [9.17, 15) is 4.39 Å². The molecule has 3 rings (SSSR count). The van der Waals surface area contributed by atoms with Crippen LogP contribution in [0.1, 0.15) is 25.7 Å². The predicted molar refractivity (Wildman–Crippen MR) is 76.7 cm³/mol. The summed E-state index contributed by atoms with van der Waals surface area (Å²) < 4.78 is 16.8. The highest BCUT2D eigenvalue weighted by Gasteiger charge is 2.17. The Labute approximate surface area is 118 Å². The van der Waals surface area contributed by atoms with Crippen molar-refractivity contribution in [2.24, 2.45) is 5.92 Å². The zero-order valence-electron chi connectivity index (χ0n) is 9.88. The Balaban J connectivity index is 2.07. The molecule has 18 heavy (non-hydrogen) atoms. The van der Waals surface area contributed by atoms with Gasteiger partial charge in [0.05, 0.1) is 15.5 Å². The van der Waals surface area contributed by atoms with E-state index in [0.717, 1.165) is 17.6 Å². The van der Waals surface area contributed by atoms with Crippen molar-refractivity contribution >= 4 is 39.2 Å². The zero-order chi connectivity index (χ0) is 12.7. The lowest BCUT2D eigenvalue weighted by Crippen LogP contribution is -2.07. The molecule has 1 aliphatic carbocycles. The van der Waals surface area contributed by atoms with Gasteiger partial charge in [0, 0.05) is 12.6 Å². The van der Waals surface area contributed by atoms with Crippen LogP contribution in [-0.4, -0.2) is 9.55 Å². The average Bonchev–Trinajstić information content (AvgIpc) is 2.92. The fraction of sp³-hybridized carbons (Fsp3) is 0.462. The molecular weight excluding hydrogens is 315 g/mol. The van der Waals surface area contributed by atoms with E-state index in [1.807, 2.05) is 4.57 Å². The van der Waals surface area contributed by atoms with Gasteiger partial charge in [-0.15, -0.1) is 0 Å². The summed E-state index contributed by atoms with van der Waals surface area (Å²) in [5.41, 5.74) is 1.76. The third-order valence-electron chi connectivity index (χ3n) is 3.73. The molecule has 0 aliphatic heterocycles. The van der Waals surface area contributed by atoms with Crippen molar-refractivity contribution in [3.8, 4) is 0 Å². The van der Waals surface area contributed by atoms with Crippen LogP contribution in [0.3, 0.4) is 0 Å². The fourth-order valence-electron chi connectivity index (χ4n) is 2.78. The van der Waals surface area contributed by atoms with E-state index in [1.54, 1.807) is 12.1 Å². The van der Waals surface area contributed by atoms with Gasteiger partial charge < -0.3 is 9.55 Å². The molecule has 1 saturated carbocycles. The summed E-state index contributed by atoms with van der Waals surface area (Å²) in [6.45, 7) is 0.903. The number of rotatable bonds is 2. The lowest BCUT2D eigenvalue weighted by Gasteiger charge is -2.11. The number of aromatic nitrogens is 2. The van der Waals surface area contributed by atoms with E-state index < -0.39 is 0 Å². The Morgan fingerprint density at radius 3 is 2.83 bits per heavy atom. The number of halogens is 2. The second-order valence-corrected chi connectivity index (χ2v) is 6.22. The number of hydrogen-bond donors (Lipinski definition) is 1. The Morgan fingerprint density at radius 2 is 2.11 bits per heavy atom. The Kier molecular flexibility index (Phi) is 3.28. The average molecular weight is 329 g/mol. The highest BCUT2D eigenvalue weighted by Crippen LogP contribution is 2.29. The van der Waals surface area contributed by atoms with Crippen molar-refractivity contribution in [2.45, 2.75) is 32.2 Å². The SMILES string of the molecule is Fc1cc2c(cc1Br)[nH]c(=S)n2CC1CCCC1. The molecule has 0 amide bonds. The molecule has 1 N–H and O–H groups in total. The van der Waals surface area contributed by atoms with Gasteiger partial charge in [0.1, 0.15) is 5.82 Å². The largest absolute Gasteiger partial charge is 0.331 e. The predicted octanol–water partition coefficient (Wildman–Crippen LogP) is 4.79. The van der Waals surface area contributed by atoms with Gasteiger partial charge in [0.25, 0.3) is 0 Å².